The lowest BCUT2D eigenvalue weighted by Gasteiger charge is -2.32. The molecule has 1 saturated carbocycles. The number of hydrogen-bond donors (Lipinski definition) is 2. The van der Waals surface area contributed by atoms with Gasteiger partial charge in [0.05, 0.1) is 10.4 Å². The van der Waals surface area contributed by atoms with E-state index in [1.165, 1.54) is 0 Å². The van der Waals surface area contributed by atoms with E-state index in [0.29, 0.717) is 4.99 Å². The second kappa shape index (κ2) is 5.34. The highest BCUT2D eigenvalue weighted by Gasteiger charge is 2.46. The van der Waals surface area contributed by atoms with Gasteiger partial charge in [-0.15, -0.1) is 0 Å². The molecule has 0 unspecified atom stereocenters. The predicted molar refractivity (Wildman–Crippen MR) is 74.8 cm³/mol. The molecule has 0 atom stereocenters. The monoisotopic (exact) mass is 256 g/mol. The highest BCUT2D eigenvalue weighted by Crippen LogP contribution is 2.38. The van der Waals surface area contributed by atoms with Crippen LogP contribution < -0.4 is 11.1 Å². The summed E-state index contributed by atoms with van der Waals surface area (Å²) < 4.78 is 0. The number of hydrogen-bond acceptors (Lipinski definition) is 2. The Kier molecular flexibility index (Phi) is 4.53. The molecule has 3 N–H and O–H groups in total. The Morgan fingerprint density at radius 2 is 1.82 bits per heavy atom. The van der Waals surface area contributed by atoms with E-state index in [-0.39, 0.29) is 11.4 Å². The highest BCUT2D eigenvalue weighted by atomic mass is 32.1. The molecule has 1 fully saturated rings. The first-order chi connectivity index (χ1) is 7.90. The molecular formula is C13H24N2OS. The Bertz CT molecular complexity index is 305. The quantitative estimate of drug-likeness (QED) is 0.688. The van der Waals surface area contributed by atoms with Gasteiger partial charge in [-0.1, -0.05) is 38.9 Å². The minimum absolute atomic E-state index is 0.00536. The molecule has 0 aliphatic heterocycles. The molecule has 0 aromatic rings. The van der Waals surface area contributed by atoms with E-state index in [9.17, 15) is 4.79 Å². The van der Waals surface area contributed by atoms with E-state index in [4.69, 9.17) is 18.0 Å². The van der Waals surface area contributed by atoms with Gasteiger partial charge in [-0.2, -0.15) is 0 Å². The average Bonchev–Trinajstić information content (AvgIpc) is 2.95. The lowest BCUT2D eigenvalue weighted by molar-refractivity contribution is -0.129. The molecule has 1 amide bonds. The molecule has 3 nitrogen and oxygen atoms in total. The number of amides is 1. The molecule has 98 valence electrons. The lowest BCUT2D eigenvalue weighted by atomic mass is 9.78. The van der Waals surface area contributed by atoms with Crippen molar-refractivity contribution in [3.8, 4) is 0 Å². The fourth-order valence-corrected chi connectivity index (χ4v) is 2.57. The van der Waals surface area contributed by atoms with Crippen LogP contribution in [0.5, 0.6) is 0 Å². The zero-order valence-corrected chi connectivity index (χ0v) is 12.0. The third-order valence-corrected chi connectivity index (χ3v) is 4.07. The van der Waals surface area contributed by atoms with Crippen LogP contribution in [0.4, 0.5) is 0 Å². The van der Waals surface area contributed by atoms with Crippen LogP contribution in [-0.2, 0) is 4.79 Å². The molecule has 1 rings (SSSR count). The van der Waals surface area contributed by atoms with Gasteiger partial charge in [-0.3, -0.25) is 4.79 Å². The summed E-state index contributed by atoms with van der Waals surface area (Å²) in [6, 6.07) is 0. The van der Waals surface area contributed by atoms with Crippen molar-refractivity contribution in [1.29, 1.82) is 0 Å². The molecule has 17 heavy (non-hydrogen) atoms. The normalized spacial score (nSPS) is 17.6. The van der Waals surface area contributed by atoms with Crippen molar-refractivity contribution in [2.75, 3.05) is 0 Å². The number of thiocarbonyl (C=S) groups is 1. The van der Waals surface area contributed by atoms with Crippen LogP contribution >= 0.6 is 12.2 Å². The molecule has 0 spiro atoms. The van der Waals surface area contributed by atoms with E-state index in [1.54, 1.807) is 0 Å². The van der Waals surface area contributed by atoms with Gasteiger partial charge in [-0.05, 0) is 32.6 Å². The van der Waals surface area contributed by atoms with Crippen LogP contribution in [0.2, 0.25) is 0 Å². The summed E-state index contributed by atoms with van der Waals surface area (Å²) in [5.74, 6) is 0.0358. The summed E-state index contributed by atoms with van der Waals surface area (Å²) in [5, 5.41) is 3.12. The maximum absolute atomic E-state index is 12.5. The first-order valence-electron chi connectivity index (χ1n) is 6.53. The smallest absolute Gasteiger partial charge is 0.233 e. The molecule has 0 saturated heterocycles. The molecular weight excluding hydrogens is 232 g/mol. The average molecular weight is 256 g/mol. The first-order valence-corrected chi connectivity index (χ1v) is 6.93. The maximum Gasteiger partial charge on any atom is 0.233 e. The second-order valence-electron chi connectivity index (χ2n) is 5.46. The Balaban J connectivity index is 2.85. The minimum atomic E-state index is -0.634. The fourth-order valence-electron chi connectivity index (χ4n) is 2.27. The van der Waals surface area contributed by atoms with E-state index in [0.717, 1.165) is 38.5 Å². The number of nitrogens with one attached hydrogen (secondary N) is 1. The fraction of sp³-hybridized carbons (Fsp3) is 0.846. The third kappa shape index (κ3) is 3.18. The molecule has 1 aliphatic carbocycles. The van der Waals surface area contributed by atoms with Crippen LogP contribution in [0, 0.1) is 5.41 Å². The van der Waals surface area contributed by atoms with Gasteiger partial charge < -0.3 is 11.1 Å². The van der Waals surface area contributed by atoms with Crippen molar-refractivity contribution < 1.29 is 4.79 Å². The van der Waals surface area contributed by atoms with Gasteiger partial charge >= 0.3 is 0 Å². The molecule has 1 aliphatic rings. The van der Waals surface area contributed by atoms with E-state index in [2.05, 4.69) is 26.1 Å². The van der Waals surface area contributed by atoms with Gasteiger partial charge in [-0.25, -0.2) is 0 Å². The number of carbonyl (C=O) groups is 1. The predicted octanol–water partition coefficient (Wildman–Crippen LogP) is 2.53. The molecule has 0 bridgehead atoms. The Hall–Kier alpha value is -0.640. The second-order valence-corrected chi connectivity index (χ2v) is 5.90. The van der Waals surface area contributed by atoms with Crippen molar-refractivity contribution in [3.05, 3.63) is 0 Å². The summed E-state index contributed by atoms with van der Waals surface area (Å²) in [6.45, 7) is 6.21. The Morgan fingerprint density at radius 3 is 2.12 bits per heavy atom. The van der Waals surface area contributed by atoms with Crippen LogP contribution in [0.1, 0.15) is 59.3 Å². The molecule has 4 heteroatoms. The van der Waals surface area contributed by atoms with Crippen LogP contribution in [0.3, 0.4) is 0 Å². The van der Waals surface area contributed by atoms with Crippen LogP contribution in [0.25, 0.3) is 0 Å². The zero-order valence-electron chi connectivity index (χ0n) is 11.1. The van der Waals surface area contributed by atoms with E-state index < -0.39 is 5.41 Å². The van der Waals surface area contributed by atoms with E-state index in [1.807, 2.05) is 0 Å². The summed E-state index contributed by atoms with van der Waals surface area (Å²) >= 11 is 5.16. The van der Waals surface area contributed by atoms with Crippen LogP contribution in [-0.4, -0.2) is 16.4 Å². The van der Waals surface area contributed by atoms with Crippen molar-refractivity contribution in [2.45, 2.75) is 64.8 Å². The topological polar surface area (TPSA) is 55.1 Å². The van der Waals surface area contributed by atoms with Gasteiger partial charge in [0.15, 0.2) is 0 Å². The zero-order chi connectivity index (χ0) is 13.1. The minimum Gasteiger partial charge on any atom is -0.392 e. The summed E-state index contributed by atoms with van der Waals surface area (Å²) in [5.41, 5.74) is 5.21. The van der Waals surface area contributed by atoms with Crippen molar-refractivity contribution in [3.63, 3.8) is 0 Å². The summed E-state index contributed by atoms with van der Waals surface area (Å²) in [6.07, 6.45) is 5.45. The Labute approximate surface area is 110 Å². The van der Waals surface area contributed by atoms with Crippen molar-refractivity contribution in [1.82, 2.24) is 5.32 Å². The SMILES string of the molecule is CCCC(CCC)(C(=O)NC1(C)CC1)C(N)=S. The van der Waals surface area contributed by atoms with Gasteiger partial charge in [0.1, 0.15) is 0 Å². The van der Waals surface area contributed by atoms with Gasteiger partial charge in [0.2, 0.25) is 5.91 Å². The number of rotatable bonds is 7. The van der Waals surface area contributed by atoms with Crippen molar-refractivity contribution >= 4 is 23.1 Å². The third-order valence-electron chi connectivity index (χ3n) is 3.68. The maximum atomic E-state index is 12.5. The standard InChI is InChI=1S/C13H24N2OS/c1-4-6-13(7-5-2,10(14)17)11(16)15-12(3)8-9-12/h4-9H2,1-3H3,(H2,14,17)(H,15,16). The molecule has 0 radical (unpaired) electrons. The van der Waals surface area contributed by atoms with Gasteiger partial charge in [0, 0.05) is 5.54 Å². The Morgan fingerprint density at radius 1 is 1.35 bits per heavy atom. The first kappa shape index (κ1) is 14.4. The lowest BCUT2D eigenvalue weighted by Crippen LogP contribution is -2.51. The molecule has 0 aromatic heterocycles. The largest absolute Gasteiger partial charge is 0.392 e. The van der Waals surface area contributed by atoms with Crippen molar-refractivity contribution in [2.24, 2.45) is 11.1 Å². The van der Waals surface area contributed by atoms with Gasteiger partial charge in [0.25, 0.3) is 0 Å². The highest BCUT2D eigenvalue weighted by molar-refractivity contribution is 7.80. The summed E-state index contributed by atoms with van der Waals surface area (Å²) in [7, 11) is 0. The van der Waals surface area contributed by atoms with E-state index >= 15 is 0 Å². The van der Waals surface area contributed by atoms with Crippen LogP contribution in [0.15, 0.2) is 0 Å². The number of carbonyl (C=O) groups excluding carboxylic acids is 1. The number of nitrogens with two attached hydrogens (primary N) is 1. The summed E-state index contributed by atoms with van der Waals surface area (Å²) in [4.78, 5) is 12.8. The molecule has 0 heterocycles. The molecule has 0 aromatic carbocycles.